The first-order valence-corrected chi connectivity index (χ1v) is 13.9. The van der Waals surface area contributed by atoms with Crippen molar-refractivity contribution in [2.24, 2.45) is 14.1 Å². The SMILES string of the molecule is CSc1nc2c(F)cc(OCC(F)F)c(F)c2n1C.Cn1c(S(C)(=O)=O)nc2c(F)cc(OCC(F)F)c(F)c21. The minimum atomic E-state index is -3.81. The van der Waals surface area contributed by atoms with Gasteiger partial charge in [-0.05, 0) is 6.26 Å². The van der Waals surface area contributed by atoms with Crippen LogP contribution in [0.5, 0.6) is 11.5 Å². The predicted molar refractivity (Wildman–Crippen MR) is 129 cm³/mol. The summed E-state index contributed by atoms with van der Waals surface area (Å²) in [5.74, 6) is -5.20. The molecule has 0 radical (unpaired) electrons. The molecular formula is C22H20F8N4O4S2. The first-order chi connectivity index (χ1) is 18.6. The van der Waals surface area contributed by atoms with Crippen LogP contribution in [0.1, 0.15) is 0 Å². The maximum absolute atomic E-state index is 14.2. The fourth-order valence-electron chi connectivity index (χ4n) is 3.55. The summed E-state index contributed by atoms with van der Waals surface area (Å²) in [7, 11) is -1.12. The van der Waals surface area contributed by atoms with Gasteiger partial charge in [0.2, 0.25) is 15.0 Å². The van der Waals surface area contributed by atoms with E-state index in [1.807, 2.05) is 0 Å². The lowest BCUT2D eigenvalue weighted by molar-refractivity contribution is 0.0796. The van der Waals surface area contributed by atoms with E-state index in [2.05, 4.69) is 19.4 Å². The quantitative estimate of drug-likeness (QED) is 0.200. The molecule has 0 aliphatic heterocycles. The molecule has 0 fully saturated rings. The minimum Gasteiger partial charge on any atom is -0.484 e. The Morgan fingerprint density at radius 2 is 1.25 bits per heavy atom. The second-order valence-corrected chi connectivity index (χ2v) is 10.7. The van der Waals surface area contributed by atoms with E-state index >= 15 is 0 Å². The van der Waals surface area contributed by atoms with Crippen LogP contribution < -0.4 is 9.47 Å². The number of aromatic nitrogens is 4. The number of thioether (sulfide) groups is 1. The largest absolute Gasteiger partial charge is 0.484 e. The van der Waals surface area contributed by atoms with E-state index in [9.17, 15) is 43.5 Å². The summed E-state index contributed by atoms with van der Waals surface area (Å²) in [6, 6.07) is 1.29. The number of aryl methyl sites for hydroxylation is 2. The number of benzene rings is 2. The van der Waals surface area contributed by atoms with E-state index in [0.717, 1.165) is 16.9 Å². The number of ether oxygens (including phenoxy) is 2. The van der Waals surface area contributed by atoms with Gasteiger partial charge < -0.3 is 18.6 Å². The van der Waals surface area contributed by atoms with Gasteiger partial charge in [0.05, 0.1) is 0 Å². The molecule has 18 heteroatoms. The first kappa shape index (κ1) is 31.3. The zero-order valence-electron chi connectivity index (χ0n) is 21.0. The van der Waals surface area contributed by atoms with Crippen molar-refractivity contribution >= 4 is 43.7 Å². The molecule has 0 aliphatic rings. The van der Waals surface area contributed by atoms with Crippen molar-refractivity contribution < 1.29 is 53.0 Å². The summed E-state index contributed by atoms with van der Waals surface area (Å²) in [4.78, 5) is 7.47. The van der Waals surface area contributed by atoms with Crippen molar-refractivity contribution in [2.75, 3.05) is 25.7 Å². The first-order valence-electron chi connectivity index (χ1n) is 10.8. The van der Waals surface area contributed by atoms with E-state index in [1.54, 1.807) is 6.26 Å². The van der Waals surface area contributed by atoms with Gasteiger partial charge in [-0.3, -0.25) is 0 Å². The van der Waals surface area contributed by atoms with Gasteiger partial charge in [0.15, 0.2) is 39.9 Å². The van der Waals surface area contributed by atoms with Gasteiger partial charge in [-0.2, -0.15) is 0 Å². The smallest absolute Gasteiger partial charge is 0.272 e. The van der Waals surface area contributed by atoms with E-state index in [0.29, 0.717) is 11.2 Å². The Hall–Kier alpha value is -3.28. The molecule has 4 aromatic rings. The molecule has 220 valence electrons. The summed E-state index contributed by atoms with van der Waals surface area (Å²) in [5.41, 5.74) is -1.23. The fourth-order valence-corrected chi connectivity index (χ4v) is 4.94. The molecule has 0 aliphatic carbocycles. The number of imidazole rings is 2. The summed E-state index contributed by atoms with van der Waals surface area (Å²) in [6.45, 7) is -2.10. The summed E-state index contributed by atoms with van der Waals surface area (Å²) >= 11 is 1.22. The lowest BCUT2D eigenvalue weighted by Gasteiger charge is -2.08. The van der Waals surface area contributed by atoms with Gasteiger partial charge in [0, 0.05) is 32.5 Å². The Balaban J connectivity index is 0.000000222. The van der Waals surface area contributed by atoms with Crippen molar-refractivity contribution in [2.45, 2.75) is 23.2 Å². The second-order valence-electron chi connectivity index (χ2n) is 8.02. The lowest BCUT2D eigenvalue weighted by atomic mass is 10.2. The number of hydrogen-bond donors (Lipinski definition) is 0. The molecule has 0 unspecified atom stereocenters. The lowest BCUT2D eigenvalue weighted by Crippen LogP contribution is -2.09. The van der Waals surface area contributed by atoms with Crippen molar-refractivity contribution in [3.05, 3.63) is 35.4 Å². The molecule has 2 aromatic heterocycles. The van der Waals surface area contributed by atoms with E-state index in [4.69, 9.17) is 0 Å². The van der Waals surface area contributed by atoms with Crippen molar-refractivity contribution in [1.82, 2.24) is 19.1 Å². The Morgan fingerprint density at radius 1 is 0.825 bits per heavy atom. The third kappa shape index (κ3) is 6.37. The molecule has 0 amide bonds. The monoisotopic (exact) mass is 620 g/mol. The van der Waals surface area contributed by atoms with Crippen molar-refractivity contribution in [3.8, 4) is 11.5 Å². The molecule has 2 aromatic carbocycles. The van der Waals surface area contributed by atoms with Crippen LogP contribution in [0, 0.1) is 23.3 Å². The average Bonchev–Trinajstić information content (AvgIpc) is 3.40. The number of fused-ring (bicyclic) bond motifs is 2. The fraction of sp³-hybridized carbons (Fsp3) is 0.364. The van der Waals surface area contributed by atoms with Crippen LogP contribution in [-0.2, 0) is 23.9 Å². The highest BCUT2D eigenvalue weighted by Gasteiger charge is 2.25. The van der Waals surface area contributed by atoms with Gasteiger partial charge in [0.1, 0.15) is 35.3 Å². The molecule has 0 bridgehead atoms. The molecule has 0 saturated heterocycles. The van der Waals surface area contributed by atoms with Crippen LogP contribution in [0.25, 0.3) is 22.1 Å². The van der Waals surface area contributed by atoms with Gasteiger partial charge in [-0.15, -0.1) is 0 Å². The Morgan fingerprint density at radius 3 is 1.65 bits per heavy atom. The molecule has 0 spiro atoms. The highest BCUT2D eigenvalue weighted by atomic mass is 32.2. The summed E-state index contributed by atoms with van der Waals surface area (Å²) < 4.78 is 138. The number of nitrogens with zero attached hydrogens (tertiary/aromatic N) is 4. The molecule has 40 heavy (non-hydrogen) atoms. The maximum Gasteiger partial charge on any atom is 0.272 e. The average molecular weight is 621 g/mol. The number of sulfone groups is 1. The molecule has 0 atom stereocenters. The Labute approximate surface area is 225 Å². The number of alkyl halides is 4. The van der Waals surface area contributed by atoms with Gasteiger partial charge in [-0.1, -0.05) is 11.8 Å². The van der Waals surface area contributed by atoms with E-state index in [1.165, 1.54) is 30.4 Å². The molecule has 2 heterocycles. The van der Waals surface area contributed by atoms with Crippen LogP contribution >= 0.6 is 11.8 Å². The Kier molecular flexibility index (Phi) is 9.43. The third-order valence-electron chi connectivity index (χ3n) is 5.17. The van der Waals surface area contributed by atoms with Crippen LogP contribution in [0.3, 0.4) is 0 Å². The molecule has 4 rings (SSSR count). The molecule has 0 N–H and O–H groups in total. The highest BCUT2D eigenvalue weighted by Crippen LogP contribution is 2.32. The maximum atomic E-state index is 14.2. The van der Waals surface area contributed by atoms with E-state index < -0.39 is 86.9 Å². The van der Waals surface area contributed by atoms with Crippen LogP contribution in [0.15, 0.2) is 22.4 Å². The third-order valence-corrected chi connectivity index (χ3v) is 6.93. The van der Waals surface area contributed by atoms with Gasteiger partial charge in [-0.25, -0.2) is 53.5 Å². The normalized spacial score (nSPS) is 11.9. The highest BCUT2D eigenvalue weighted by molar-refractivity contribution is 7.98. The molecular weight excluding hydrogens is 600 g/mol. The predicted octanol–water partition coefficient (Wildman–Crippen LogP) is 5.12. The van der Waals surface area contributed by atoms with Crippen LogP contribution in [0.4, 0.5) is 35.1 Å². The standard InChI is InChI=1S/C11H10F4N2O3S.C11H10F4N2OS/c1-17-10-8(15)6(20-4-7(13)14)3-5(12)9(10)16-11(17)21(2,18)19;1-17-10-8(15)6(18-4-7(13)14)3-5(12)9(10)16-11(17)19-2/h3,7H,4H2,1-2H3;3,7H,4H2,1-2H3. The van der Waals surface area contributed by atoms with Crippen molar-refractivity contribution in [1.29, 1.82) is 0 Å². The summed E-state index contributed by atoms with van der Waals surface area (Å²) in [5, 5.41) is -0.125. The van der Waals surface area contributed by atoms with Gasteiger partial charge >= 0.3 is 0 Å². The van der Waals surface area contributed by atoms with E-state index in [-0.39, 0.29) is 11.0 Å². The summed E-state index contributed by atoms with van der Waals surface area (Å²) in [6.07, 6.45) is -3.07. The Bertz CT molecular complexity index is 1660. The number of rotatable bonds is 8. The zero-order valence-corrected chi connectivity index (χ0v) is 22.6. The number of halogens is 8. The van der Waals surface area contributed by atoms with Crippen LogP contribution in [-0.4, -0.2) is 66.1 Å². The number of hydrogen-bond acceptors (Lipinski definition) is 7. The van der Waals surface area contributed by atoms with Gasteiger partial charge in [0.25, 0.3) is 12.9 Å². The van der Waals surface area contributed by atoms with Crippen molar-refractivity contribution in [3.63, 3.8) is 0 Å². The second kappa shape index (κ2) is 12.1. The zero-order chi connectivity index (χ0) is 30.1. The molecule has 8 nitrogen and oxygen atoms in total. The van der Waals surface area contributed by atoms with Crippen LogP contribution in [0.2, 0.25) is 0 Å². The topological polar surface area (TPSA) is 88.2 Å². The molecule has 0 saturated carbocycles. The minimum absolute atomic E-state index is 0.103.